The molecular formula is C8H10O. The average molecular weight is 122 g/mol. The Morgan fingerprint density at radius 1 is 1.78 bits per heavy atom. The van der Waals surface area contributed by atoms with Crippen LogP contribution in [-0.2, 0) is 0 Å². The highest BCUT2D eigenvalue weighted by Gasteiger charge is 2.00. The maximum absolute atomic E-state index is 5.11. The molecule has 48 valence electrons. The molecule has 0 aliphatic rings. The Labute approximate surface area is 55.0 Å². The van der Waals surface area contributed by atoms with Gasteiger partial charge >= 0.3 is 0 Å². The quantitative estimate of drug-likeness (QED) is 0.549. The highest BCUT2D eigenvalue weighted by molar-refractivity contribution is 5.09. The lowest BCUT2D eigenvalue weighted by molar-refractivity contribution is 0.500. The molecule has 1 aromatic rings. The van der Waals surface area contributed by atoms with E-state index in [0.717, 1.165) is 5.76 Å². The van der Waals surface area contributed by atoms with Gasteiger partial charge in [-0.25, -0.2) is 0 Å². The summed E-state index contributed by atoms with van der Waals surface area (Å²) in [6.45, 7) is 5.70. The van der Waals surface area contributed by atoms with Crippen LogP contribution in [0.15, 0.2) is 35.5 Å². The SMILES string of the molecule is C=CC(C)c1ccco1. The highest BCUT2D eigenvalue weighted by Crippen LogP contribution is 2.14. The van der Waals surface area contributed by atoms with Gasteiger partial charge in [0.2, 0.25) is 0 Å². The van der Waals surface area contributed by atoms with Gasteiger partial charge in [0.15, 0.2) is 0 Å². The van der Waals surface area contributed by atoms with E-state index in [-0.39, 0.29) is 0 Å². The molecule has 0 amide bonds. The van der Waals surface area contributed by atoms with E-state index in [1.54, 1.807) is 6.26 Å². The average Bonchev–Trinajstić information content (AvgIpc) is 2.37. The number of furan rings is 1. The maximum atomic E-state index is 5.11. The lowest BCUT2D eigenvalue weighted by Crippen LogP contribution is -1.82. The van der Waals surface area contributed by atoms with Gasteiger partial charge in [-0.3, -0.25) is 0 Å². The molecule has 1 rings (SSSR count). The first kappa shape index (κ1) is 6.14. The van der Waals surface area contributed by atoms with Gasteiger partial charge in [0, 0.05) is 5.92 Å². The lowest BCUT2D eigenvalue weighted by Gasteiger charge is -1.97. The smallest absolute Gasteiger partial charge is 0.110 e. The fourth-order valence-corrected chi connectivity index (χ4v) is 0.667. The Bertz CT molecular complexity index is 174. The topological polar surface area (TPSA) is 13.1 Å². The van der Waals surface area contributed by atoms with E-state index in [4.69, 9.17) is 4.42 Å². The molecular weight excluding hydrogens is 112 g/mol. The molecule has 1 aromatic heterocycles. The molecule has 1 heterocycles. The van der Waals surface area contributed by atoms with Gasteiger partial charge in [-0.1, -0.05) is 13.0 Å². The summed E-state index contributed by atoms with van der Waals surface area (Å²) in [7, 11) is 0. The number of hydrogen-bond donors (Lipinski definition) is 0. The Hall–Kier alpha value is -0.980. The van der Waals surface area contributed by atoms with Crippen molar-refractivity contribution in [3.05, 3.63) is 36.8 Å². The predicted molar refractivity (Wildman–Crippen MR) is 37.3 cm³/mol. The van der Waals surface area contributed by atoms with E-state index in [1.165, 1.54) is 0 Å². The third-order valence-corrected chi connectivity index (χ3v) is 1.35. The van der Waals surface area contributed by atoms with E-state index in [1.807, 2.05) is 25.1 Å². The van der Waals surface area contributed by atoms with Crippen molar-refractivity contribution < 1.29 is 4.42 Å². The second kappa shape index (κ2) is 2.53. The summed E-state index contributed by atoms with van der Waals surface area (Å²) in [5.41, 5.74) is 0. The van der Waals surface area contributed by atoms with Gasteiger partial charge in [0.05, 0.1) is 6.26 Å². The monoisotopic (exact) mass is 122 g/mol. The van der Waals surface area contributed by atoms with Crippen molar-refractivity contribution in [3.8, 4) is 0 Å². The standard InChI is InChI=1S/C8H10O/c1-3-7(2)8-5-4-6-9-8/h3-7H,1H2,2H3. The zero-order chi connectivity index (χ0) is 6.69. The molecule has 0 saturated carbocycles. The fourth-order valence-electron chi connectivity index (χ4n) is 0.667. The van der Waals surface area contributed by atoms with Crippen LogP contribution in [0.3, 0.4) is 0 Å². The van der Waals surface area contributed by atoms with Crippen LogP contribution in [-0.4, -0.2) is 0 Å². The van der Waals surface area contributed by atoms with Gasteiger partial charge in [-0.2, -0.15) is 0 Å². The summed E-state index contributed by atoms with van der Waals surface area (Å²) < 4.78 is 5.11. The molecule has 0 aliphatic heterocycles. The van der Waals surface area contributed by atoms with Crippen molar-refractivity contribution in [2.24, 2.45) is 0 Å². The molecule has 0 bridgehead atoms. The van der Waals surface area contributed by atoms with Crippen LogP contribution < -0.4 is 0 Å². The third kappa shape index (κ3) is 1.22. The van der Waals surface area contributed by atoms with Crippen LogP contribution in [0.2, 0.25) is 0 Å². The minimum Gasteiger partial charge on any atom is -0.469 e. The normalized spacial score (nSPS) is 13.0. The van der Waals surface area contributed by atoms with Crippen LogP contribution in [0.5, 0.6) is 0 Å². The van der Waals surface area contributed by atoms with Gasteiger partial charge in [0.1, 0.15) is 5.76 Å². The van der Waals surface area contributed by atoms with Crippen molar-refractivity contribution >= 4 is 0 Å². The van der Waals surface area contributed by atoms with Crippen LogP contribution in [0.25, 0.3) is 0 Å². The lowest BCUT2D eigenvalue weighted by atomic mass is 10.1. The van der Waals surface area contributed by atoms with Gasteiger partial charge in [0.25, 0.3) is 0 Å². The molecule has 0 saturated heterocycles. The van der Waals surface area contributed by atoms with E-state index < -0.39 is 0 Å². The molecule has 0 aliphatic carbocycles. The van der Waals surface area contributed by atoms with Gasteiger partial charge < -0.3 is 4.42 Å². The molecule has 1 nitrogen and oxygen atoms in total. The van der Waals surface area contributed by atoms with Gasteiger partial charge in [-0.05, 0) is 12.1 Å². The fraction of sp³-hybridized carbons (Fsp3) is 0.250. The predicted octanol–water partition coefficient (Wildman–Crippen LogP) is 2.57. The van der Waals surface area contributed by atoms with E-state index in [2.05, 4.69) is 6.58 Å². The summed E-state index contributed by atoms with van der Waals surface area (Å²) >= 11 is 0. The van der Waals surface area contributed by atoms with Crippen molar-refractivity contribution in [2.45, 2.75) is 12.8 Å². The van der Waals surface area contributed by atoms with Gasteiger partial charge in [-0.15, -0.1) is 6.58 Å². The third-order valence-electron chi connectivity index (χ3n) is 1.35. The molecule has 0 radical (unpaired) electrons. The summed E-state index contributed by atoms with van der Waals surface area (Å²) in [4.78, 5) is 0. The second-order valence-corrected chi connectivity index (χ2v) is 2.04. The molecule has 1 heteroatoms. The van der Waals surface area contributed by atoms with Crippen molar-refractivity contribution in [1.29, 1.82) is 0 Å². The molecule has 0 N–H and O–H groups in total. The van der Waals surface area contributed by atoms with Crippen molar-refractivity contribution in [2.75, 3.05) is 0 Å². The molecule has 0 spiro atoms. The van der Waals surface area contributed by atoms with Crippen LogP contribution in [0.1, 0.15) is 18.6 Å². The Kier molecular flexibility index (Phi) is 1.73. The molecule has 9 heavy (non-hydrogen) atoms. The zero-order valence-corrected chi connectivity index (χ0v) is 5.50. The number of allylic oxidation sites excluding steroid dienone is 1. The van der Waals surface area contributed by atoms with E-state index in [0.29, 0.717) is 5.92 Å². The Morgan fingerprint density at radius 2 is 2.56 bits per heavy atom. The second-order valence-electron chi connectivity index (χ2n) is 2.04. The minimum absolute atomic E-state index is 0.333. The molecule has 0 fully saturated rings. The summed E-state index contributed by atoms with van der Waals surface area (Å²) in [6, 6.07) is 3.84. The molecule has 1 unspecified atom stereocenters. The Morgan fingerprint density at radius 3 is 3.00 bits per heavy atom. The van der Waals surface area contributed by atoms with Crippen molar-refractivity contribution in [3.63, 3.8) is 0 Å². The first-order chi connectivity index (χ1) is 4.34. The highest BCUT2D eigenvalue weighted by atomic mass is 16.3. The summed E-state index contributed by atoms with van der Waals surface area (Å²) in [5.74, 6) is 1.31. The Balaban J connectivity index is 2.76. The number of rotatable bonds is 2. The van der Waals surface area contributed by atoms with Crippen LogP contribution in [0, 0.1) is 0 Å². The van der Waals surface area contributed by atoms with E-state index >= 15 is 0 Å². The molecule has 0 aromatic carbocycles. The minimum atomic E-state index is 0.333. The largest absolute Gasteiger partial charge is 0.469 e. The first-order valence-corrected chi connectivity index (χ1v) is 3.00. The maximum Gasteiger partial charge on any atom is 0.110 e. The van der Waals surface area contributed by atoms with Crippen LogP contribution >= 0.6 is 0 Å². The molecule has 1 atom stereocenters. The summed E-state index contributed by atoms with van der Waals surface area (Å²) in [6.07, 6.45) is 3.54. The zero-order valence-electron chi connectivity index (χ0n) is 5.50. The van der Waals surface area contributed by atoms with Crippen LogP contribution in [0.4, 0.5) is 0 Å². The number of hydrogen-bond acceptors (Lipinski definition) is 1. The summed E-state index contributed by atoms with van der Waals surface area (Å²) in [5, 5.41) is 0. The van der Waals surface area contributed by atoms with E-state index in [9.17, 15) is 0 Å². The van der Waals surface area contributed by atoms with Crippen molar-refractivity contribution in [1.82, 2.24) is 0 Å². The first-order valence-electron chi connectivity index (χ1n) is 3.00.